The van der Waals surface area contributed by atoms with Gasteiger partial charge >= 0.3 is 0 Å². The molecular weight excluding hydrogens is 317 g/mol. The van der Waals surface area contributed by atoms with Crippen molar-refractivity contribution in [2.45, 2.75) is 6.92 Å². The van der Waals surface area contributed by atoms with E-state index in [0.29, 0.717) is 17.0 Å². The first-order valence-electron chi connectivity index (χ1n) is 6.74. The number of methoxy groups -OCH3 is 1. The van der Waals surface area contributed by atoms with Crippen LogP contribution in [0.5, 0.6) is 11.5 Å². The third-order valence-electron chi connectivity index (χ3n) is 3.00. The Morgan fingerprint density at radius 3 is 2.78 bits per heavy atom. The van der Waals surface area contributed by atoms with E-state index >= 15 is 0 Å². The summed E-state index contributed by atoms with van der Waals surface area (Å²) < 4.78 is 18.4. The van der Waals surface area contributed by atoms with Crippen LogP contribution >= 0.6 is 12.2 Å². The molecule has 0 aromatic heterocycles. The van der Waals surface area contributed by atoms with Crippen LogP contribution in [-0.4, -0.2) is 23.0 Å². The minimum atomic E-state index is -0.454. The summed E-state index contributed by atoms with van der Waals surface area (Å²) in [5.41, 5.74) is 4.08. The normalized spacial score (nSPS) is 11.0. The van der Waals surface area contributed by atoms with Gasteiger partial charge in [-0.2, -0.15) is 5.10 Å². The smallest absolute Gasteiger partial charge is 0.191 e. The molecule has 2 aromatic rings. The van der Waals surface area contributed by atoms with Crippen LogP contribution < -0.4 is 15.5 Å². The fourth-order valence-corrected chi connectivity index (χ4v) is 2.02. The Hall–Kier alpha value is -2.67. The van der Waals surface area contributed by atoms with Gasteiger partial charge in [0.15, 0.2) is 5.11 Å². The molecule has 0 radical (unpaired) electrons. The topological polar surface area (TPSA) is 65.9 Å². The molecule has 0 unspecified atom stereocenters. The highest BCUT2D eigenvalue weighted by atomic mass is 32.1. The Labute approximate surface area is 138 Å². The lowest BCUT2D eigenvalue weighted by Crippen LogP contribution is -2.25. The molecular formula is C16H16FN3O2S. The SMILES string of the molecule is COc1cccc(NC(=S)N/N=C(\C)c2cc(F)ccc2O)c1. The van der Waals surface area contributed by atoms with Gasteiger partial charge in [-0.15, -0.1) is 0 Å². The Balaban J connectivity index is 2.03. The van der Waals surface area contributed by atoms with Crippen LogP contribution in [0.4, 0.5) is 10.1 Å². The van der Waals surface area contributed by atoms with Crippen LogP contribution in [0.25, 0.3) is 0 Å². The highest BCUT2D eigenvalue weighted by molar-refractivity contribution is 7.80. The van der Waals surface area contributed by atoms with Crippen LogP contribution in [-0.2, 0) is 0 Å². The summed E-state index contributed by atoms with van der Waals surface area (Å²) >= 11 is 5.14. The van der Waals surface area contributed by atoms with E-state index in [-0.39, 0.29) is 10.9 Å². The van der Waals surface area contributed by atoms with E-state index in [0.717, 1.165) is 5.69 Å². The number of ether oxygens (including phenoxy) is 1. The highest BCUT2D eigenvalue weighted by Crippen LogP contribution is 2.19. The number of halogens is 1. The molecule has 7 heteroatoms. The fraction of sp³-hybridized carbons (Fsp3) is 0.125. The van der Waals surface area contributed by atoms with Crippen molar-refractivity contribution in [1.82, 2.24) is 5.43 Å². The van der Waals surface area contributed by atoms with Gasteiger partial charge in [-0.05, 0) is 49.5 Å². The molecule has 0 spiro atoms. The second-order valence-corrected chi connectivity index (χ2v) is 5.06. The third-order valence-corrected chi connectivity index (χ3v) is 3.19. The van der Waals surface area contributed by atoms with Crippen LogP contribution in [0.15, 0.2) is 47.6 Å². The summed E-state index contributed by atoms with van der Waals surface area (Å²) in [4.78, 5) is 0. The van der Waals surface area contributed by atoms with E-state index in [1.165, 1.54) is 18.2 Å². The number of rotatable bonds is 4. The number of nitrogens with zero attached hydrogens (tertiary/aromatic N) is 1. The van der Waals surface area contributed by atoms with E-state index < -0.39 is 5.82 Å². The molecule has 2 rings (SSSR count). The van der Waals surface area contributed by atoms with Gasteiger partial charge in [-0.25, -0.2) is 4.39 Å². The zero-order chi connectivity index (χ0) is 16.8. The van der Waals surface area contributed by atoms with E-state index in [1.54, 1.807) is 20.1 Å². The molecule has 0 heterocycles. The first kappa shape index (κ1) is 16.7. The zero-order valence-corrected chi connectivity index (χ0v) is 13.4. The summed E-state index contributed by atoms with van der Waals surface area (Å²) in [6.45, 7) is 1.63. The van der Waals surface area contributed by atoms with Gasteiger partial charge < -0.3 is 15.2 Å². The average Bonchev–Trinajstić information content (AvgIpc) is 2.55. The number of phenolic OH excluding ortho intramolecular Hbond substituents is 1. The molecule has 0 amide bonds. The average molecular weight is 333 g/mol. The maximum absolute atomic E-state index is 13.2. The molecule has 3 N–H and O–H groups in total. The molecule has 0 fully saturated rings. The number of phenols is 1. The van der Waals surface area contributed by atoms with Crippen molar-refractivity contribution in [3.8, 4) is 11.5 Å². The summed E-state index contributed by atoms with van der Waals surface area (Å²) in [5, 5.41) is 17.0. The van der Waals surface area contributed by atoms with Gasteiger partial charge in [0.1, 0.15) is 17.3 Å². The first-order chi connectivity index (χ1) is 11.0. The van der Waals surface area contributed by atoms with Gasteiger partial charge in [0.25, 0.3) is 0 Å². The van der Waals surface area contributed by atoms with Gasteiger partial charge in [0, 0.05) is 17.3 Å². The number of hydrogen-bond acceptors (Lipinski definition) is 4. The van der Waals surface area contributed by atoms with Crippen molar-refractivity contribution >= 4 is 28.7 Å². The standard InChI is InChI=1S/C16H16FN3O2S/c1-10(14-8-11(17)6-7-15(14)21)19-20-16(23)18-12-4-3-5-13(9-12)22-2/h3-9,21H,1-2H3,(H2,18,20,23)/b19-10+. The third kappa shape index (κ3) is 4.65. The second-order valence-electron chi connectivity index (χ2n) is 4.66. The number of aromatic hydroxyl groups is 1. The Morgan fingerprint density at radius 1 is 1.26 bits per heavy atom. The van der Waals surface area contributed by atoms with Crippen molar-refractivity contribution in [2.75, 3.05) is 12.4 Å². The summed E-state index contributed by atoms with van der Waals surface area (Å²) in [6.07, 6.45) is 0. The van der Waals surface area contributed by atoms with Crippen molar-refractivity contribution in [3.05, 3.63) is 53.8 Å². The zero-order valence-electron chi connectivity index (χ0n) is 12.6. The number of nitrogens with one attached hydrogen (secondary N) is 2. The Morgan fingerprint density at radius 2 is 2.04 bits per heavy atom. The Kier molecular flexibility index (Phi) is 5.48. The van der Waals surface area contributed by atoms with Crippen molar-refractivity contribution in [2.24, 2.45) is 5.10 Å². The first-order valence-corrected chi connectivity index (χ1v) is 7.14. The maximum atomic E-state index is 13.2. The van der Waals surface area contributed by atoms with E-state index in [1.807, 2.05) is 18.2 Å². The summed E-state index contributed by atoms with van der Waals surface area (Å²) in [6, 6.07) is 10.9. The molecule has 0 saturated carbocycles. The molecule has 2 aromatic carbocycles. The number of hydrazone groups is 1. The number of thiocarbonyl (C=S) groups is 1. The molecule has 0 aliphatic heterocycles. The van der Waals surface area contributed by atoms with Gasteiger partial charge in [0.2, 0.25) is 0 Å². The lowest BCUT2D eigenvalue weighted by atomic mass is 10.1. The van der Waals surface area contributed by atoms with E-state index in [4.69, 9.17) is 17.0 Å². The maximum Gasteiger partial charge on any atom is 0.191 e. The van der Waals surface area contributed by atoms with Crippen LogP contribution in [0.2, 0.25) is 0 Å². The molecule has 120 valence electrons. The molecule has 0 aliphatic rings. The molecule has 5 nitrogen and oxygen atoms in total. The molecule has 0 atom stereocenters. The van der Waals surface area contributed by atoms with Crippen LogP contribution in [0, 0.1) is 5.82 Å². The monoisotopic (exact) mass is 333 g/mol. The minimum Gasteiger partial charge on any atom is -0.507 e. The lowest BCUT2D eigenvalue weighted by Gasteiger charge is -2.09. The van der Waals surface area contributed by atoms with E-state index in [9.17, 15) is 9.50 Å². The predicted molar refractivity (Wildman–Crippen MR) is 92.6 cm³/mol. The Bertz CT molecular complexity index is 750. The molecule has 0 saturated heterocycles. The molecule has 0 aliphatic carbocycles. The number of hydrogen-bond donors (Lipinski definition) is 3. The highest BCUT2D eigenvalue weighted by Gasteiger charge is 2.06. The van der Waals surface area contributed by atoms with Crippen molar-refractivity contribution in [1.29, 1.82) is 0 Å². The number of anilines is 1. The predicted octanol–water partition coefficient (Wildman–Crippen LogP) is 3.25. The fourth-order valence-electron chi connectivity index (χ4n) is 1.85. The summed E-state index contributed by atoms with van der Waals surface area (Å²) in [7, 11) is 1.58. The van der Waals surface area contributed by atoms with Crippen LogP contribution in [0.1, 0.15) is 12.5 Å². The lowest BCUT2D eigenvalue weighted by molar-refractivity contribution is 0.415. The van der Waals surface area contributed by atoms with E-state index in [2.05, 4.69) is 15.8 Å². The number of benzene rings is 2. The van der Waals surface area contributed by atoms with Crippen molar-refractivity contribution < 1.29 is 14.2 Å². The van der Waals surface area contributed by atoms with Crippen LogP contribution in [0.3, 0.4) is 0 Å². The minimum absolute atomic E-state index is 0.0545. The van der Waals surface area contributed by atoms with Gasteiger partial charge in [0.05, 0.1) is 12.8 Å². The van der Waals surface area contributed by atoms with Crippen molar-refractivity contribution in [3.63, 3.8) is 0 Å². The largest absolute Gasteiger partial charge is 0.507 e. The quantitative estimate of drug-likeness (QED) is 0.455. The second kappa shape index (κ2) is 7.55. The molecule has 0 bridgehead atoms. The molecule has 23 heavy (non-hydrogen) atoms. The van der Waals surface area contributed by atoms with Gasteiger partial charge in [-0.3, -0.25) is 5.43 Å². The van der Waals surface area contributed by atoms with Gasteiger partial charge in [-0.1, -0.05) is 6.07 Å². The summed E-state index contributed by atoms with van der Waals surface area (Å²) in [5.74, 6) is 0.188.